The SMILES string of the molecule is CC[C@H](C)c1ccn(C)n1. The van der Waals surface area contributed by atoms with Gasteiger partial charge in [0.2, 0.25) is 0 Å². The fourth-order valence-corrected chi connectivity index (χ4v) is 0.905. The van der Waals surface area contributed by atoms with E-state index in [-0.39, 0.29) is 0 Å². The molecule has 0 aromatic carbocycles. The summed E-state index contributed by atoms with van der Waals surface area (Å²) in [6, 6.07) is 2.08. The lowest BCUT2D eigenvalue weighted by Crippen LogP contribution is -1.94. The van der Waals surface area contributed by atoms with Crippen molar-refractivity contribution in [2.24, 2.45) is 7.05 Å². The van der Waals surface area contributed by atoms with Crippen molar-refractivity contribution in [3.05, 3.63) is 18.0 Å². The van der Waals surface area contributed by atoms with Gasteiger partial charge in [0.15, 0.2) is 0 Å². The van der Waals surface area contributed by atoms with Crippen LogP contribution in [0.25, 0.3) is 0 Å². The van der Waals surface area contributed by atoms with Crippen LogP contribution in [0.3, 0.4) is 0 Å². The van der Waals surface area contributed by atoms with Crippen LogP contribution in [0.15, 0.2) is 12.3 Å². The molecule has 0 bridgehead atoms. The van der Waals surface area contributed by atoms with E-state index < -0.39 is 0 Å². The zero-order valence-corrected chi connectivity index (χ0v) is 6.83. The van der Waals surface area contributed by atoms with Crippen LogP contribution in [0.5, 0.6) is 0 Å². The van der Waals surface area contributed by atoms with Gasteiger partial charge in [0.1, 0.15) is 0 Å². The molecule has 2 heteroatoms. The first-order chi connectivity index (χ1) is 4.74. The number of rotatable bonds is 2. The summed E-state index contributed by atoms with van der Waals surface area (Å²) < 4.78 is 1.85. The Labute approximate surface area is 61.9 Å². The van der Waals surface area contributed by atoms with Gasteiger partial charge in [0.05, 0.1) is 5.69 Å². The van der Waals surface area contributed by atoms with Crippen LogP contribution >= 0.6 is 0 Å². The molecule has 0 saturated heterocycles. The van der Waals surface area contributed by atoms with Gasteiger partial charge in [-0.3, -0.25) is 4.68 Å². The van der Waals surface area contributed by atoms with Gasteiger partial charge in [-0.15, -0.1) is 0 Å². The Bertz CT molecular complexity index is 203. The minimum absolute atomic E-state index is 0.598. The van der Waals surface area contributed by atoms with Gasteiger partial charge in [0.25, 0.3) is 0 Å². The first-order valence-electron chi connectivity index (χ1n) is 3.73. The molecule has 0 saturated carbocycles. The van der Waals surface area contributed by atoms with Crippen molar-refractivity contribution < 1.29 is 0 Å². The number of nitrogens with zero attached hydrogens (tertiary/aromatic N) is 2. The summed E-state index contributed by atoms with van der Waals surface area (Å²) in [5.74, 6) is 0.598. The van der Waals surface area contributed by atoms with Gasteiger partial charge < -0.3 is 0 Å². The van der Waals surface area contributed by atoms with E-state index in [0.717, 1.165) is 6.42 Å². The normalized spacial score (nSPS) is 13.5. The monoisotopic (exact) mass is 138 g/mol. The third-order valence-corrected chi connectivity index (χ3v) is 1.85. The van der Waals surface area contributed by atoms with Gasteiger partial charge in [-0.25, -0.2) is 0 Å². The number of aryl methyl sites for hydroxylation is 1. The minimum Gasteiger partial charge on any atom is -0.276 e. The first kappa shape index (κ1) is 7.32. The van der Waals surface area contributed by atoms with Crippen molar-refractivity contribution in [1.82, 2.24) is 9.78 Å². The van der Waals surface area contributed by atoms with Crippen molar-refractivity contribution in [2.75, 3.05) is 0 Å². The van der Waals surface area contributed by atoms with Crippen molar-refractivity contribution in [1.29, 1.82) is 0 Å². The fraction of sp³-hybridized carbons (Fsp3) is 0.625. The topological polar surface area (TPSA) is 17.8 Å². The van der Waals surface area contributed by atoms with E-state index in [1.165, 1.54) is 5.69 Å². The lowest BCUT2D eigenvalue weighted by molar-refractivity contribution is 0.665. The van der Waals surface area contributed by atoms with Crippen molar-refractivity contribution in [3.63, 3.8) is 0 Å². The second-order valence-corrected chi connectivity index (χ2v) is 2.72. The van der Waals surface area contributed by atoms with E-state index >= 15 is 0 Å². The highest BCUT2D eigenvalue weighted by Crippen LogP contribution is 2.14. The highest BCUT2D eigenvalue weighted by molar-refractivity contribution is 5.04. The van der Waals surface area contributed by atoms with Crippen molar-refractivity contribution >= 4 is 0 Å². The molecule has 56 valence electrons. The molecule has 1 aromatic rings. The molecular formula is C8H14N2. The van der Waals surface area contributed by atoms with Crippen molar-refractivity contribution in [3.8, 4) is 0 Å². The van der Waals surface area contributed by atoms with E-state index in [9.17, 15) is 0 Å². The average Bonchev–Trinajstić information content (AvgIpc) is 2.34. The zero-order valence-electron chi connectivity index (χ0n) is 6.83. The van der Waals surface area contributed by atoms with Gasteiger partial charge in [-0.05, 0) is 18.4 Å². The molecule has 1 heterocycles. The third-order valence-electron chi connectivity index (χ3n) is 1.85. The van der Waals surface area contributed by atoms with Crippen LogP contribution in [0.4, 0.5) is 0 Å². The Hall–Kier alpha value is -0.790. The van der Waals surface area contributed by atoms with Gasteiger partial charge in [-0.2, -0.15) is 5.10 Å². The minimum atomic E-state index is 0.598. The van der Waals surface area contributed by atoms with Gasteiger partial charge >= 0.3 is 0 Å². The molecule has 1 rings (SSSR count). The van der Waals surface area contributed by atoms with Crippen LogP contribution in [0, 0.1) is 0 Å². The van der Waals surface area contributed by atoms with Crippen LogP contribution in [0.1, 0.15) is 31.9 Å². The van der Waals surface area contributed by atoms with E-state index in [0.29, 0.717) is 5.92 Å². The molecule has 0 fully saturated rings. The van der Waals surface area contributed by atoms with E-state index in [2.05, 4.69) is 25.0 Å². The van der Waals surface area contributed by atoms with Gasteiger partial charge in [0, 0.05) is 13.2 Å². The summed E-state index contributed by atoms with van der Waals surface area (Å²) in [4.78, 5) is 0. The molecule has 1 atom stereocenters. The van der Waals surface area contributed by atoms with Crippen molar-refractivity contribution in [2.45, 2.75) is 26.2 Å². The predicted octanol–water partition coefficient (Wildman–Crippen LogP) is 1.93. The lowest BCUT2D eigenvalue weighted by Gasteiger charge is -2.01. The summed E-state index contributed by atoms with van der Waals surface area (Å²) in [5.41, 5.74) is 1.20. The lowest BCUT2D eigenvalue weighted by atomic mass is 10.1. The van der Waals surface area contributed by atoms with E-state index in [1.54, 1.807) is 0 Å². The molecule has 2 nitrogen and oxygen atoms in total. The number of hydrogen-bond acceptors (Lipinski definition) is 1. The Kier molecular flexibility index (Phi) is 2.10. The molecule has 0 radical (unpaired) electrons. The maximum atomic E-state index is 4.30. The molecule has 0 amide bonds. The summed E-state index contributed by atoms with van der Waals surface area (Å²) in [6.07, 6.45) is 3.15. The summed E-state index contributed by atoms with van der Waals surface area (Å²) in [6.45, 7) is 4.38. The van der Waals surface area contributed by atoms with Crippen LogP contribution in [-0.2, 0) is 7.05 Å². The number of aromatic nitrogens is 2. The molecular weight excluding hydrogens is 124 g/mol. The average molecular weight is 138 g/mol. The standard InChI is InChI=1S/C8H14N2/c1-4-7(2)8-5-6-10(3)9-8/h5-7H,4H2,1-3H3/t7-/m0/s1. The van der Waals surface area contributed by atoms with Crippen LogP contribution < -0.4 is 0 Å². The molecule has 1 aromatic heterocycles. The summed E-state index contributed by atoms with van der Waals surface area (Å²) in [7, 11) is 1.95. The Morgan fingerprint density at radius 1 is 1.70 bits per heavy atom. The maximum Gasteiger partial charge on any atom is 0.0652 e. The summed E-state index contributed by atoms with van der Waals surface area (Å²) >= 11 is 0. The molecule has 10 heavy (non-hydrogen) atoms. The quantitative estimate of drug-likeness (QED) is 0.610. The Morgan fingerprint density at radius 3 is 2.80 bits per heavy atom. The van der Waals surface area contributed by atoms with Crippen LogP contribution in [-0.4, -0.2) is 9.78 Å². The largest absolute Gasteiger partial charge is 0.276 e. The molecule has 0 unspecified atom stereocenters. The molecule has 0 N–H and O–H groups in total. The highest BCUT2D eigenvalue weighted by atomic mass is 15.2. The molecule has 0 aliphatic carbocycles. The molecule has 0 aliphatic rings. The second kappa shape index (κ2) is 2.86. The van der Waals surface area contributed by atoms with Gasteiger partial charge in [-0.1, -0.05) is 13.8 Å². The number of hydrogen-bond donors (Lipinski definition) is 0. The zero-order chi connectivity index (χ0) is 7.56. The first-order valence-corrected chi connectivity index (χ1v) is 3.73. The smallest absolute Gasteiger partial charge is 0.0652 e. The van der Waals surface area contributed by atoms with E-state index in [4.69, 9.17) is 0 Å². The Morgan fingerprint density at radius 2 is 2.40 bits per heavy atom. The molecule has 0 aliphatic heterocycles. The van der Waals surface area contributed by atoms with Crippen LogP contribution in [0.2, 0.25) is 0 Å². The highest BCUT2D eigenvalue weighted by Gasteiger charge is 2.03. The summed E-state index contributed by atoms with van der Waals surface area (Å²) in [5, 5.41) is 4.30. The third kappa shape index (κ3) is 1.38. The predicted molar refractivity (Wildman–Crippen MR) is 41.9 cm³/mol. The second-order valence-electron chi connectivity index (χ2n) is 2.72. The van der Waals surface area contributed by atoms with E-state index in [1.807, 2.05) is 17.9 Å². The maximum absolute atomic E-state index is 4.30. The Balaban J connectivity index is 2.74. The molecule has 0 spiro atoms. The fourth-order valence-electron chi connectivity index (χ4n) is 0.905.